The quantitative estimate of drug-likeness (QED) is 0.700. The van der Waals surface area contributed by atoms with Crippen LogP contribution >= 0.6 is 0 Å². The van der Waals surface area contributed by atoms with Crippen molar-refractivity contribution in [3.05, 3.63) is 46.5 Å². The van der Waals surface area contributed by atoms with Crippen LogP contribution in [-0.2, 0) is 7.05 Å². The molecule has 3 heterocycles. The molecule has 1 amide bonds. The topological polar surface area (TPSA) is 121 Å². The molecule has 0 fully saturated rings. The molecular formula is C18H17N5O4. The van der Waals surface area contributed by atoms with Gasteiger partial charge in [-0.05, 0) is 18.2 Å². The van der Waals surface area contributed by atoms with Gasteiger partial charge >= 0.3 is 0 Å². The van der Waals surface area contributed by atoms with Crippen molar-refractivity contribution in [1.82, 2.24) is 14.5 Å². The number of ether oxygens (including phenoxy) is 2. The Hall–Kier alpha value is -3.62. The minimum absolute atomic E-state index is 0.0736. The van der Waals surface area contributed by atoms with Crippen molar-refractivity contribution in [2.75, 3.05) is 24.3 Å². The Balaban J connectivity index is 1.79. The molecule has 0 aliphatic carbocycles. The fourth-order valence-corrected chi connectivity index (χ4v) is 2.87. The smallest absolute Gasteiger partial charge is 0.259 e. The van der Waals surface area contributed by atoms with Crippen molar-refractivity contribution in [2.45, 2.75) is 6.42 Å². The Morgan fingerprint density at radius 2 is 1.93 bits per heavy atom. The molecule has 0 spiro atoms. The van der Waals surface area contributed by atoms with E-state index in [2.05, 4.69) is 15.3 Å². The Bertz CT molecular complexity index is 1090. The lowest BCUT2D eigenvalue weighted by Crippen LogP contribution is -2.24. The number of carbonyl (C=O) groups is 1. The van der Waals surface area contributed by atoms with Gasteiger partial charge in [0.15, 0.2) is 11.5 Å². The molecule has 4 rings (SSSR count). The van der Waals surface area contributed by atoms with Gasteiger partial charge in [-0.15, -0.1) is 0 Å². The molecule has 0 bridgehead atoms. The molecule has 1 aliphatic rings. The van der Waals surface area contributed by atoms with E-state index in [1.165, 1.54) is 17.0 Å². The minimum Gasteiger partial charge on any atom is -0.490 e. The third kappa shape index (κ3) is 3.03. The molecule has 2 aromatic heterocycles. The Kier molecular flexibility index (Phi) is 4.11. The maximum absolute atomic E-state index is 12.8. The van der Waals surface area contributed by atoms with Crippen LogP contribution in [0.2, 0.25) is 0 Å². The Morgan fingerprint density at radius 1 is 1.19 bits per heavy atom. The number of hydrogen-bond donors (Lipinski definition) is 2. The van der Waals surface area contributed by atoms with Crippen LogP contribution in [0.15, 0.2) is 35.4 Å². The number of aromatic nitrogens is 3. The van der Waals surface area contributed by atoms with Crippen LogP contribution in [0.25, 0.3) is 10.8 Å². The second kappa shape index (κ2) is 6.60. The molecular weight excluding hydrogens is 350 g/mol. The minimum atomic E-state index is -0.455. The van der Waals surface area contributed by atoms with Crippen molar-refractivity contribution >= 4 is 28.4 Å². The molecule has 1 aromatic carbocycles. The number of anilines is 2. The van der Waals surface area contributed by atoms with Gasteiger partial charge in [0.1, 0.15) is 5.82 Å². The van der Waals surface area contributed by atoms with Gasteiger partial charge in [0.05, 0.1) is 24.2 Å². The number of nitrogens with one attached hydrogen (secondary N) is 1. The lowest BCUT2D eigenvalue weighted by molar-refractivity contribution is 0.102. The highest BCUT2D eigenvalue weighted by molar-refractivity contribution is 6.04. The van der Waals surface area contributed by atoms with Crippen LogP contribution in [0.1, 0.15) is 16.8 Å². The number of carbonyl (C=O) groups excluding carboxylic acids is 1. The van der Waals surface area contributed by atoms with E-state index in [-0.39, 0.29) is 17.1 Å². The van der Waals surface area contributed by atoms with Gasteiger partial charge in [-0.1, -0.05) is 0 Å². The predicted molar refractivity (Wildman–Crippen MR) is 99.2 cm³/mol. The maximum Gasteiger partial charge on any atom is 0.259 e. The summed E-state index contributed by atoms with van der Waals surface area (Å²) in [4.78, 5) is 32.8. The molecule has 27 heavy (non-hydrogen) atoms. The highest BCUT2D eigenvalue weighted by atomic mass is 16.5. The van der Waals surface area contributed by atoms with Gasteiger partial charge < -0.3 is 20.5 Å². The van der Waals surface area contributed by atoms with Gasteiger partial charge in [0.2, 0.25) is 5.95 Å². The number of rotatable bonds is 2. The lowest BCUT2D eigenvalue weighted by Gasteiger charge is -2.15. The van der Waals surface area contributed by atoms with Gasteiger partial charge in [-0.25, -0.2) is 9.97 Å². The van der Waals surface area contributed by atoms with E-state index in [0.29, 0.717) is 41.3 Å². The number of nitrogen functional groups attached to an aromatic ring is 1. The van der Waals surface area contributed by atoms with E-state index in [9.17, 15) is 9.59 Å². The number of pyridine rings is 1. The van der Waals surface area contributed by atoms with E-state index in [1.807, 2.05) is 0 Å². The zero-order valence-corrected chi connectivity index (χ0v) is 14.6. The Labute approximate surface area is 153 Å². The van der Waals surface area contributed by atoms with Crippen LogP contribution in [0, 0.1) is 0 Å². The summed E-state index contributed by atoms with van der Waals surface area (Å²) in [5.41, 5.74) is 5.41. The number of nitrogens with zero attached hydrogens (tertiary/aromatic N) is 3. The largest absolute Gasteiger partial charge is 0.490 e. The van der Waals surface area contributed by atoms with Crippen molar-refractivity contribution in [3.8, 4) is 11.5 Å². The van der Waals surface area contributed by atoms with Crippen molar-refractivity contribution in [3.63, 3.8) is 0 Å². The summed E-state index contributed by atoms with van der Waals surface area (Å²) in [7, 11) is 1.58. The maximum atomic E-state index is 12.8. The first-order valence-electron chi connectivity index (χ1n) is 8.36. The predicted octanol–water partition coefficient (Wildman–Crippen LogP) is 1.32. The average molecular weight is 367 g/mol. The van der Waals surface area contributed by atoms with Crippen molar-refractivity contribution in [1.29, 1.82) is 0 Å². The van der Waals surface area contributed by atoms with Crippen LogP contribution in [0.5, 0.6) is 11.5 Å². The fourth-order valence-electron chi connectivity index (χ4n) is 2.87. The second-order valence-corrected chi connectivity index (χ2v) is 6.08. The van der Waals surface area contributed by atoms with Crippen LogP contribution in [-0.4, -0.2) is 33.7 Å². The van der Waals surface area contributed by atoms with E-state index in [0.717, 1.165) is 6.42 Å². The third-order valence-corrected chi connectivity index (χ3v) is 4.31. The fraction of sp³-hybridized carbons (Fsp3) is 0.222. The number of hydrogen-bond acceptors (Lipinski definition) is 7. The first kappa shape index (κ1) is 16.8. The van der Waals surface area contributed by atoms with Crippen molar-refractivity contribution in [2.24, 2.45) is 7.05 Å². The zero-order chi connectivity index (χ0) is 19.0. The first-order chi connectivity index (χ1) is 13.0. The molecule has 0 radical (unpaired) electrons. The summed E-state index contributed by atoms with van der Waals surface area (Å²) in [6.45, 7) is 1.04. The van der Waals surface area contributed by atoms with Crippen LogP contribution < -0.4 is 26.1 Å². The van der Waals surface area contributed by atoms with Crippen molar-refractivity contribution < 1.29 is 14.3 Å². The van der Waals surface area contributed by atoms with Gasteiger partial charge in [0.25, 0.3) is 11.5 Å². The van der Waals surface area contributed by atoms with Crippen LogP contribution in [0.3, 0.4) is 0 Å². The molecule has 9 nitrogen and oxygen atoms in total. The number of amides is 1. The molecule has 0 saturated heterocycles. The monoisotopic (exact) mass is 367 g/mol. The summed E-state index contributed by atoms with van der Waals surface area (Å²) in [5, 5.41) is 3.77. The molecule has 3 N–H and O–H groups in total. The van der Waals surface area contributed by atoms with E-state index in [1.54, 1.807) is 25.2 Å². The molecule has 0 unspecified atom stereocenters. The standard InChI is InChI=1S/C18H17N5O4/c1-23-14(22-16(24)10-8-20-18(19)21-9-10)7-12-11(17(23)25)3-4-13-15(12)27-6-2-5-26-13/h3-4,7-9H,2,5-6H2,1H3,(H,22,24)(H2,19,20,21). The third-order valence-electron chi connectivity index (χ3n) is 4.31. The lowest BCUT2D eigenvalue weighted by atomic mass is 10.1. The van der Waals surface area contributed by atoms with E-state index >= 15 is 0 Å². The normalized spacial score (nSPS) is 13.2. The highest BCUT2D eigenvalue weighted by Crippen LogP contribution is 2.37. The zero-order valence-electron chi connectivity index (χ0n) is 14.6. The molecule has 0 saturated carbocycles. The number of benzene rings is 1. The molecule has 0 atom stereocenters. The second-order valence-electron chi connectivity index (χ2n) is 6.08. The van der Waals surface area contributed by atoms with Crippen LogP contribution in [0.4, 0.5) is 11.8 Å². The number of fused-ring (bicyclic) bond motifs is 3. The first-order valence-corrected chi connectivity index (χ1v) is 8.36. The molecule has 138 valence electrons. The van der Waals surface area contributed by atoms with Gasteiger partial charge in [0, 0.05) is 31.2 Å². The Morgan fingerprint density at radius 3 is 2.70 bits per heavy atom. The molecule has 1 aliphatic heterocycles. The summed E-state index contributed by atoms with van der Waals surface area (Å²) < 4.78 is 12.8. The summed E-state index contributed by atoms with van der Waals surface area (Å²) in [6, 6.07) is 5.12. The van der Waals surface area contributed by atoms with E-state index in [4.69, 9.17) is 15.2 Å². The summed E-state index contributed by atoms with van der Waals surface area (Å²) in [5.74, 6) is 1.02. The van der Waals surface area contributed by atoms with E-state index < -0.39 is 5.91 Å². The summed E-state index contributed by atoms with van der Waals surface area (Å²) >= 11 is 0. The summed E-state index contributed by atoms with van der Waals surface area (Å²) in [6.07, 6.45) is 3.39. The SMILES string of the molecule is Cn1c(NC(=O)c2cnc(N)nc2)cc2c3c(ccc2c1=O)OCCCO3. The van der Waals surface area contributed by atoms with Gasteiger partial charge in [-0.3, -0.25) is 14.2 Å². The highest BCUT2D eigenvalue weighted by Gasteiger charge is 2.18. The number of nitrogens with two attached hydrogens (primary N) is 1. The average Bonchev–Trinajstić information content (AvgIpc) is 2.92. The molecule has 3 aromatic rings. The van der Waals surface area contributed by atoms with Gasteiger partial charge in [-0.2, -0.15) is 0 Å². The molecule has 9 heteroatoms.